The molecular formula is C24H24N2O6. The number of nitrogens with zero attached hydrogens (tertiary/aromatic N) is 2. The van der Waals surface area contributed by atoms with Crippen molar-refractivity contribution in [3.05, 3.63) is 50.8 Å². The Kier molecular flexibility index (Phi) is 4.53. The van der Waals surface area contributed by atoms with Crippen molar-refractivity contribution < 1.29 is 24.1 Å². The number of rotatable bonds is 4. The minimum absolute atomic E-state index is 0.100. The van der Waals surface area contributed by atoms with Crippen molar-refractivity contribution in [3.8, 4) is 22.9 Å². The molecule has 5 rings (SSSR count). The van der Waals surface area contributed by atoms with Gasteiger partial charge in [-0.3, -0.25) is 4.79 Å². The van der Waals surface area contributed by atoms with Crippen molar-refractivity contribution in [2.75, 3.05) is 14.2 Å². The lowest BCUT2D eigenvalue weighted by Crippen LogP contribution is -2.44. The van der Waals surface area contributed by atoms with Gasteiger partial charge in [-0.2, -0.15) is 0 Å². The predicted octanol–water partition coefficient (Wildman–Crippen LogP) is 2.66. The van der Waals surface area contributed by atoms with Gasteiger partial charge < -0.3 is 23.9 Å². The Morgan fingerprint density at radius 2 is 1.94 bits per heavy atom. The second kappa shape index (κ2) is 7.06. The number of carbonyl (C=O) groups excluding carboxylic acids is 1. The van der Waals surface area contributed by atoms with E-state index in [1.54, 1.807) is 31.8 Å². The van der Waals surface area contributed by atoms with Crippen LogP contribution in [0.3, 0.4) is 0 Å². The van der Waals surface area contributed by atoms with Crippen molar-refractivity contribution in [1.82, 2.24) is 9.55 Å². The molecule has 0 spiro atoms. The van der Waals surface area contributed by atoms with Gasteiger partial charge in [0.2, 0.25) is 0 Å². The summed E-state index contributed by atoms with van der Waals surface area (Å²) >= 11 is 0. The lowest BCUT2D eigenvalue weighted by atomic mass is 9.86. The van der Waals surface area contributed by atoms with E-state index in [1.165, 1.54) is 0 Å². The topological polar surface area (TPSA) is 99.9 Å². The molecule has 0 saturated carbocycles. The lowest BCUT2D eigenvalue weighted by Gasteiger charge is -2.31. The summed E-state index contributed by atoms with van der Waals surface area (Å²) in [6.45, 7) is 3.85. The maximum absolute atomic E-state index is 13.4. The second-order valence-electron chi connectivity index (χ2n) is 8.11. The average molecular weight is 436 g/mol. The summed E-state index contributed by atoms with van der Waals surface area (Å²) in [6.07, 6.45) is 0.837. The highest BCUT2D eigenvalue weighted by Crippen LogP contribution is 2.44. The Labute approximate surface area is 184 Å². The van der Waals surface area contributed by atoms with Crippen LogP contribution in [-0.2, 0) is 34.7 Å². The van der Waals surface area contributed by atoms with Crippen LogP contribution in [0.5, 0.6) is 11.5 Å². The number of hydrogen-bond donors (Lipinski definition) is 1. The van der Waals surface area contributed by atoms with Gasteiger partial charge >= 0.3 is 5.97 Å². The highest BCUT2D eigenvalue weighted by atomic mass is 16.6. The molecule has 2 aliphatic rings. The zero-order chi connectivity index (χ0) is 22.8. The quantitative estimate of drug-likeness (QED) is 0.491. The Bertz CT molecular complexity index is 1360. The van der Waals surface area contributed by atoms with E-state index in [9.17, 15) is 14.7 Å². The second-order valence-corrected chi connectivity index (χ2v) is 8.11. The molecule has 4 heterocycles. The third-order valence-electron chi connectivity index (χ3n) is 6.61. The van der Waals surface area contributed by atoms with Crippen LogP contribution in [0.2, 0.25) is 0 Å². The number of aryl methyl sites for hydroxylation is 1. The third-order valence-corrected chi connectivity index (χ3v) is 6.61. The van der Waals surface area contributed by atoms with Gasteiger partial charge in [0.05, 0.1) is 43.2 Å². The smallest absolute Gasteiger partial charge is 0.343 e. The number of hydrogen-bond acceptors (Lipinski definition) is 7. The monoisotopic (exact) mass is 436 g/mol. The summed E-state index contributed by atoms with van der Waals surface area (Å²) in [5.74, 6) is 0.610. The summed E-state index contributed by atoms with van der Waals surface area (Å²) in [4.78, 5) is 30.7. The molecule has 0 radical (unpaired) electrons. The first kappa shape index (κ1) is 20.5. The van der Waals surface area contributed by atoms with E-state index in [0.29, 0.717) is 34.0 Å². The van der Waals surface area contributed by atoms with Gasteiger partial charge in [-0.1, -0.05) is 13.8 Å². The van der Waals surface area contributed by atoms with Gasteiger partial charge in [0.15, 0.2) is 5.60 Å². The predicted molar refractivity (Wildman–Crippen MR) is 117 cm³/mol. The number of cyclic esters (lactones) is 1. The van der Waals surface area contributed by atoms with Gasteiger partial charge in [0, 0.05) is 16.5 Å². The van der Waals surface area contributed by atoms with Gasteiger partial charge in [0.1, 0.15) is 18.1 Å². The summed E-state index contributed by atoms with van der Waals surface area (Å²) in [5, 5.41) is 11.9. The molecule has 1 atom stereocenters. The van der Waals surface area contributed by atoms with E-state index >= 15 is 0 Å². The molecule has 0 unspecified atom stereocenters. The lowest BCUT2D eigenvalue weighted by molar-refractivity contribution is -0.172. The first-order valence-electron chi connectivity index (χ1n) is 10.6. The number of pyridine rings is 2. The van der Waals surface area contributed by atoms with E-state index in [-0.39, 0.29) is 25.1 Å². The molecule has 32 heavy (non-hydrogen) atoms. The molecule has 8 nitrogen and oxygen atoms in total. The summed E-state index contributed by atoms with van der Waals surface area (Å²) < 4.78 is 18.0. The molecule has 0 fully saturated rings. The van der Waals surface area contributed by atoms with Crippen molar-refractivity contribution in [3.63, 3.8) is 0 Å². The van der Waals surface area contributed by atoms with E-state index in [4.69, 9.17) is 19.2 Å². The number of fused-ring (bicyclic) bond motifs is 5. The van der Waals surface area contributed by atoms with Gasteiger partial charge in [0.25, 0.3) is 5.56 Å². The van der Waals surface area contributed by atoms with Crippen LogP contribution in [-0.4, -0.2) is 34.8 Å². The van der Waals surface area contributed by atoms with Crippen molar-refractivity contribution >= 4 is 16.9 Å². The summed E-state index contributed by atoms with van der Waals surface area (Å²) in [5.41, 5.74) is 2.16. The molecule has 0 bridgehead atoms. The number of carbonyl (C=O) groups is 1. The van der Waals surface area contributed by atoms with Crippen LogP contribution < -0.4 is 15.0 Å². The minimum atomic E-state index is -1.85. The molecule has 2 aromatic heterocycles. The number of methoxy groups -OCH3 is 2. The normalized spacial score (nSPS) is 18.7. The van der Waals surface area contributed by atoms with Crippen LogP contribution in [0.15, 0.2) is 23.0 Å². The first-order chi connectivity index (χ1) is 15.4. The van der Waals surface area contributed by atoms with Crippen LogP contribution in [0.1, 0.15) is 42.5 Å². The van der Waals surface area contributed by atoms with Gasteiger partial charge in [-0.25, -0.2) is 9.78 Å². The fourth-order valence-corrected chi connectivity index (χ4v) is 4.81. The Morgan fingerprint density at radius 1 is 1.16 bits per heavy atom. The fraction of sp³-hybridized carbons (Fsp3) is 0.375. The molecule has 8 heteroatoms. The molecule has 1 N–H and O–H groups in total. The van der Waals surface area contributed by atoms with E-state index < -0.39 is 11.6 Å². The highest BCUT2D eigenvalue weighted by molar-refractivity contribution is 5.94. The fourth-order valence-electron chi connectivity index (χ4n) is 4.81. The molecule has 0 saturated heterocycles. The molecule has 3 aromatic rings. The molecule has 166 valence electrons. The number of aliphatic hydroxyl groups is 1. The number of aromatic nitrogens is 2. The van der Waals surface area contributed by atoms with Gasteiger partial charge in [-0.15, -0.1) is 0 Å². The van der Waals surface area contributed by atoms with E-state index in [1.807, 2.05) is 19.1 Å². The SMILES string of the molecule is CCc1cc(OC)cc2c(OC)c3c(nc12)-c1cc2c(c(=O)n1C3)COC(=O)[C@]2(O)CC. The van der Waals surface area contributed by atoms with Crippen LogP contribution >= 0.6 is 0 Å². The van der Waals surface area contributed by atoms with Gasteiger partial charge in [-0.05, 0) is 36.6 Å². The maximum atomic E-state index is 13.4. The largest absolute Gasteiger partial charge is 0.497 e. The minimum Gasteiger partial charge on any atom is -0.497 e. The van der Waals surface area contributed by atoms with Crippen molar-refractivity contribution in [2.24, 2.45) is 0 Å². The van der Waals surface area contributed by atoms with Crippen LogP contribution in [0, 0.1) is 0 Å². The first-order valence-corrected chi connectivity index (χ1v) is 10.6. The molecule has 2 aliphatic heterocycles. The maximum Gasteiger partial charge on any atom is 0.343 e. The Balaban J connectivity index is 1.85. The molecule has 1 aromatic carbocycles. The van der Waals surface area contributed by atoms with E-state index in [0.717, 1.165) is 28.5 Å². The van der Waals surface area contributed by atoms with Crippen LogP contribution in [0.25, 0.3) is 22.3 Å². The van der Waals surface area contributed by atoms with E-state index in [2.05, 4.69) is 0 Å². The zero-order valence-corrected chi connectivity index (χ0v) is 18.4. The number of ether oxygens (including phenoxy) is 3. The summed E-state index contributed by atoms with van der Waals surface area (Å²) in [6, 6.07) is 5.54. The Morgan fingerprint density at radius 3 is 2.59 bits per heavy atom. The molecule has 0 amide bonds. The standard InChI is InChI=1S/C24H24N2O6/c1-5-12-7-13(30-3)8-14-19(12)25-20-15(21(14)31-4)10-26-18(20)9-17-16(22(26)27)11-32-23(28)24(17,29)6-2/h7-9,29H,5-6,10-11H2,1-4H3/t24-/m0/s1. The number of esters is 1. The molecular weight excluding hydrogens is 412 g/mol. The van der Waals surface area contributed by atoms with Crippen molar-refractivity contribution in [1.29, 1.82) is 0 Å². The average Bonchev–Trinajstić information content (AvgIpc) is 3.18. The highest BCUT2D eigenvalue weighted by Gasteiger charge is 2.45. The third kappa shape index (κ3) is 2.56. The number of benzene rings is 1. The Hall–Kier alpha value is -3.39. The summed E-state index contributed by atoms with van der Waals surface area (Å²) in [7, 11) is 3.21. The van der Waals surface area contributed by atoms with Crippen molar-refractivity contribution in [2.45, 2.75) is 45.4 Å². The molecule has 0 aliphatic carbocycles. The zero-order valence-electron chi connectivity index (χ0n) is 18.4. The van der Waals surface area contributed by atoms with Crippen LogP contribution in [0.4, 0.5) is 0 Å².